The molecular formula is C24H36N3O6+. The first-order valence-electron chi connectivity index (χ1n) is 10.3. The third-order valence-electron chi connectivity index (χ3n) is 3.88. The summed E-state index contributed by atoms with van der Waals surface area (Å²) in [6, 6.07) is 16.4. The Morgan fingerprint density at radius 1 is 1.00 bits per heavy atom. The summed E-state index contributed by atoms with van der Waals surface area (Å²) in [6.45, 7) is 2.80. The monoisotopic (exact) mass is 462 g/mol. The second-order valence-corrected chi connectivity index (χ2v) is 7.99. The fraction of sp³-hybridized carbons (Fsp3) is 0.375. The van der Waals surface area contributed by atoms with Crippen molar-refractivity contribution in [2.45, 2.75) is 26.4 Å². The third-order valence-corrected chi connectivity index (χ3v) is 3.88. The zero-order valence-electron chi connectivity index (χ0n) is 20.0. The normalized spacial score (nSPS) is 9.85. The van der Waals surface area contributed by atoms with Gasteiger partial charge in [-0.15, -0.1) is 0 Å². The van der Waals surface area contributed by atoms with E-state index < -0.39 is 12.0 Å². The number of hydrogen-bond donors (Lipinski definition) is 3. The van der Waals surface area contributed by atoms with E-state index in [1.165, 1.54) is 14.0 Å². The van der Waals surface area contributed by atoms with Crippen molar-refractivity contribution in [3.63, 3.8) is 0 Å². The van der Waals surface area contributed by atoms with Crippen molar-refractivity contribution in [2.24, 2.45) is 5.73 Å². The van der Waals surface area contributed by atoms with Gasteiger partial charge in [-0.3, -0.25) is 9.59 Å². The number of hydrogen-bond acceptors (Lipinski definition) is 5. The Bertz CT molecular complexity index is 834. The van der Waals surface area contributed by atoms with E-state index in [2.05, 4.69) is 31.2 Å². The van der Waals surface area contributed by atoms with Gasteiger partial charge in [-0.1, -0.05) is 30.3 Å². The second kappa shape index (κ2) is 16.1. The van der Waals surface area contributed by atoms with Crippen LogP contribution in [-0.2, 0) is 20.9 Å². The highest BCUT2D eigenvalue weighted by molar-refractivity contribution is 5.87. The largest absolute Gasteiger partial charge is 0.489 e. The minimum Gasteiger partial charge on any atom is -0.489 e. The van der Waals surface area contributed by atoms with Crippen LogP contribution in [0.15, 0.2) is 54.6 Å². The van der Waals surface area contributed by atoms with Gasteiger partial charge in [0.1, 0.15) is 12.4 Å². The van der Waals surface area contributed by atoms with Gasteiger partial charge in [-0.25, -0.2) is 4.79 Å². The van der Waals surface area contributed by atoms with Crippen molar-refractivity contribution in [3.8, 4) is 5.75 Å². The van der Waals surface area contributed by atoms with E-state index in [0.29, 0.717) is 12.3 Å². The number of primary amides is 1. The summed E-state index contributed by atoms with van der Waals surface area (Å²) < 4.78 is 10.6. The lowest BCUT2D eigenvalue weighted by Gasteiger charge is -2.23. The molecule has 0 bridgehead atoms. The summed E-state index contributed by atoms with van der Waals surface area (Å²) >= 11 is 0. The molecule has 0 radical (unpaired) electrons. The molecule has 0 spiro atoms. The molecule has 0 saturated carbocycles. The maximum absolute atomic E-state index is 10.6. The molecule has 0 atom stereocenters. The molecule has 0 aliphatic heterocycles. The predicted molar refractivity (Wildman–Crippen MR) is 128 cm³/mol. The number of carboxylic acid groups (broad SMARTS) is 1. The second-order valence-electron chi connectivity index (χ2n) is 7.99. The molecule has 2 amide bonds. The quantitative estimate of drug-likeness (QED) is 0.407. The average molecular weight is 463 g/mol. The van der Waals surface area contributed by atoms with Crippen molar-refractivity contribution in [3.05, 3.63) is 60.2 Å². The SMILES string of the molecule is COC(C)=O.C[N+](C)(C)CCCC(=O)O.NC(=O)Nc1ccc(OCc2ccccc2)cc1. The molecule has 4 N–H and O–H groups in total. The van der Waals surface area contributed by atoms with Crippen LogP contribution in [0.1, 0.15) is 25.3 Å². The van der Waals surface area contributed by atoms with E-state index >= 15 is 0 Å². The molecule has 0 unspecified atom stereocenters. The summed E-state index contributed by atoms with van der Waals surface area (Å²) in [5.41, 5.74) is 6.77. The van der Waals surface area contributed by atoms with Gasteiger partial charge in [0, 0.05) is 19.0 Å². The first kappa shape index (κ1) is 29.4. The average Bonchev–Trinajstić information content (AvgIpc) is 2.73. The Labute approximate surface area is 195 Å². The summed E-state index contributed by atoms with van der Waals surface area (Å²) in [7, 11) is 7.52. The van der Waals surface area contributed by atoms with Crippen LogP contribution in [0, 0.1) is 0 Å². The Morgan fingerprint density at radius 3 is 1.97 bits per heavy atom. The van der Waals surface area contributed by atoms with Gasteiger partial charge >= 0.3 is 18.0 Å². The number of nitrogens with two attached hydrogens (primary N) is 1. The lowest BCUT2D eigenvalue weighted by Crippen LogP contribution is -2.35. The number of carbonyl (C=O) groups is 3. The van der Waals surface area contributed by atoms with Gasteiger partial charge in [0.25, 0.3) is 0 Å². The number of esters is 1. The number of nitrogens with zero attached hydrogens (tertiary/aromatic N) is 1. The van der Waals surface area contributed by atoms with Gasteiger partial charge < -0.3 is 30.1 Å². The zero-order valence-corrected chi connectivity index (χ0v) is 20.0. The third kappa shape index (κ3) is 18.9. The van der Waals surface area contributed by atoms with Gasteiger partial charge in [0.15, 0.2) is 0 Å². The fourth-order valence-electron chi connectivity index (χ4n) is 2.22. The molecule has 2 rings (SSSR count). The molecule has 0 aliphatic carbocycles. The van der Waals surface area contributed by atoms with Crippen LogP contribution in [0.4, 0.5) is 10.5 Å². The number of methoxy groups -OCH3 is 1. The fourth-order valence-corrected chi connectivity index (χ4v) is 2.22. The van der Waals surface area contributed by atoms with E-state index in [1.54, 1.807) is 24.3 Å². The highest BCUT2D eigenvalue weighted by Gasteiger charge is 2.07. The van der Waals surface area contributed by atoms with Crippen LogP contribution in [0.3, 0.4) is 0 Å². The summed E-state index contributed by atoms with van der Waals surface area (Å²) in [5.74, 6) is -0.202. The van der Waals surface area contributed by atoms with Crippen molar-refractivity contribution >= 4 is 23.7 Å². The number of amides is 2. The maximum atomic E-state index is 10.6. The highest BCUT2D eigenvalue weighted by atomic mass is 16.5. The van der Waals surface area contributed by atoms with Crippen LogP contribution < -0.4 is 15.8 Å². The van der Waals surface area contributed by atoms with E-state index in [4.69, 9.17) is 15.6 Å². The van der Waals surface area contributed by atoms with Crippen molar-refractivity contribution in [1.82, 2.24) is 0 Å². The minimum atomic E-state index is -0.701. The van der Waals surface area contributed by atoms with Gasteiger partial charge in [0.05, 0.1) is 41.2 Å². The molecule has 0 fully saturated rings. The van der Waals surface area contributed by atoms with Gasteiger partial charge in [-0.2, -0.15) is 0 Å². The molecule has 9 heteroatoms. The molecule has 2 aromatic rings. The number of aliphatic carboxylic acids is 1. The zero-order chi connectivity index (χ0) is 25.3. The Morgan fingerprint density at radius 2 is 1.55 bits per heavy atom. The van der Waals surface area contributed by atoms with Crippen molar-refractivity contribution in [2.75, 3.05) is 40.1 Å². The molecule has 0 aliphatic rings. The number of carbonyl (C=O) groups excluding carboxylic acids is 2. The Hall–Kier alpha value is -3.59. The molecule has 0 aromatic heterocycles. The molecule has 9 nitrogen and oxygen atoms in total. The lowest BCUT2D eigenvalue weighted by atomic mass is 10.2. The first-order valence-corrected chi connectivity index (χ1v) is 10.3. The molecule has 0 heterocycles. The number of quaternary nitrogens is 1. The number of rotatable bonds is 8. The van der Waals surface area contributed by atoms with Crippen molar-refractivity contribution in [1.29, 1.82) is 0 Å². The first-order chi connectivity index (χ1) is 15.4. The summed E-state index contributed by atoms with van der Waals surface area (Å²) in [5, 5.41) is 10.8. The molecule has 182 valence electrons. The molecule has 2 aromatic carbocycles. The Kier molecular flexibility index (Phi) is 14.3. The maximum Gasteiger partial charge on any atom is 0.316 e. The number of urea groups is 1. The number of nitrogens with one attached hydrogen (secondary N) is 1. The summed E-state index contributed by atoms with van der Waals surface area (Å²) in [4.78, 5) is 30.3. The number of ether oxygens (including phenoxy) is 2. The van der Waals surface area contributed by atoms with E-state index in [-0.39, 0.29) is 12.4 Å². The van der Waals surface area contributed by atoms with Crippen LogP contribution in [0.25, 0.3) is 0 Å². The number of carboxylic acids is 1. The topological polar surface area (TPSA) is 128 Å². The molecule has 33 heavy (non-hydrogen) atoms. The smallest absolute Gasteiger partial charge is 0.316 e. The van der Waals surface area contributed by atoms with Crippen LogP contribution in [0.5, 0.6) is 5.75 Å². The van der Waals surface area contributed by atoms with Gasteiger partial charge in [-0.05, 0) is 29.8 Å². The van der Waals surface area contributed by atoms with E-state index in [9.17, 15) is 14.4 Å². The van der Waals surface area contributed by atoms with E-state index in [0.717, 1.165) is 28.8 Å². The standard InChI is InChI=1S/C14H14N2O2.C7H15NO2.C3H6O2/c15-14(17)16-12-6-8-13(9-7-12)18-10-11-4-2-1-3-5-11;1-8(2,3)6-4-5-7(9)10;1-3(4)5-2/h1-9H,10H2,(H3,15,16,17);4-6H2,1-3H3;1-2H3/p+1. The summed E-state index contributed by atoms with van der Waals surface area (Å²) in [6.07, 6.45) is 1.05. The predicted octanol–water partition coefficient (Wildman–Crippen LogP) is 3.49. The molecule has 0 saturated heterocycles. The van der Waals surface area contributed by atoms with Crippen LogP contribution in [0.2, 0.25) is 0 Å². The highest BCUT2D eigenvalue weighted by Crippen LogP contribution is 2.16. The van der Waals surface area contributed by atoms with Crippen molar-refractivity contribution < 1.29 is 33.4 Å². The van der Waals surface area contributed by atoms with Crippen LogP contribution >= 0.6 is 0 Å². The van der Waals surface area contributed by atoms with E-state index in [1.807, 2.05) is 30.3 Å². The Balaban J connectivity index is 0.000000576. The molecular weight excluding hydrogens is 426 g/mol. The number of benzene rings is 2. The lowest BCUT2D eigenvalue weighted by molar-refractivity contribution is -0.870. The minimum absolute atomic E-state index is 0.245. The number of anilines is 1. The van der Waals surface area contributed by atoms with Gasteiger partial charge in [0.2, 0.25) is 0 Å². The van der Waals surface area contributed by atoms with Crippen LogP contribution in [-0.4, -0.2) is 62.4 Å².